The number of allylic oxidation sites excluding steroid dienone is 4. The molecule has 1 rings (SSSR count). The zero-order valence-corrected chi connectivity index (χ0v) is 31.9. The molecule has 0 aromatic rings. The van der Waals surface area contributed by atoms with Crippen LogP contribution in [0.1, 0.15) is 168 Å². The molecule has 4 N–H and O–H groups in total. The molecule has 0 amide bonds. The van der Waals surface area contributed by atoms with Crippen molar-refractivity contribution >= 4 is 5.97 Å². The molecule has 0 aliphatic carbocycles. The highest BCUT2D eigenvalue weighted by atomic mass is 16.7. The summed E-state index contributed by atoms with van der Waals surface area (Å²) < 4.78 is 22.7. The second-order valence-electron chi connectivity index (χ2n) is 14.1. The quantitative estimate of drug-likeness (QED) is 0.0296. The molecule has 6 unspecified atom stereocenters. The fourth-order valence-corrected chi connectivity index (χ4v) is 6.11. The number of rotatable bonds is 34. The van der Waals surface area contributed by atoms with Gasteiger partial charge >= 0.3 is 5.97 Å². The van der Waals surface area contributed by atoms with Crippen LogP contribution in [0.2, 0.25) is 0 Å². The van der Waals surface area contributed by atoms with E-state index in [-0.39, 0.29) is 19.2 Å². The topological polar surface area (TPSA) is 135 Å². The van der Waals surface area contributed by atoms with E-state index in [1.807, 2.05) is 0 Å². The molecule has 1 fully saturated rings. The van der Waals surface area contributed by atoms with E-state index in [1.165, 1.54) is 96.3 Å². The molecule has 1 saturated heterocycles. The van der Waals surface area contributed by atoms with Gasteiger partial charge in [0.15, 0.2) is 6.29 Å². The molecule has 294 valence electrons. The van der Waals surface area contributed by atoms with Gasteiger partial charge in [-0.3, -0.25) is 4.79 Å². The summed E-state index contributed by atoms with van der Waals surface area (Å²) in [6, 6.07) is 0. The lowest BCUT2D eigenvalue weighted by molar-refractivity contribution is -0.305. The van der Waals surface area contributed by atoms with Crippen LogP contribution >= 0.6 is 0 Å². The lowest BCUT2D eigenvalue weighted by Gasteiger charge is -2.39. The fourth-order valence-electron chi connectivity index (χ4n) is 6.11. The van der Waals surface area contributed by atoms with Crippen molar-refractivity contribution in [1.29, 1.82) is 0 Å². The van der Waals surface area contributed by atoms with Crippen molar-refractivity contribution in [2.45, 2.75) is 205 Å². The van der Waals surface area contributed by atoms with Crippen molar-refractivity contribution in [3.8, 4) is 0 Å². The van der Waals surface area contributed by atoms with E-state index in [0.717, 1.165) is 51.4 Å². The molecule has 0 bridgehead atoms. The monoisotopic (exact) mass is 713 g/mol. The Labute approximate surface area is 305 Å². The van der Waals surface area contributed by atoms with E-state index in [2.05, 4.69) is 38.2 Å². The average molecular weight is 713 g/mol. The molecule has 6 atom stereocenters. The van der Waals surface area contributed by atoms with Gasteiger partial charge in [0.25, 0.3) is 0 Å². The Balaban J connectivity index is 2.29. The van der Waals surface area contributed by atoms with Crippen LogP contribution in [0, 0.1) is 0 Å². The fraction of sp³-hybridized carbons (Fsp3) is 0.878. The Bertz CT molecular complexity index is 818. The molecule has 0 radical (unpaired) electrons. The Hall–Kier alpha value is -1.33. The van der Waals surface area contributed by atoms with Gasteiger partial charge in [-0.15, -0.1) is 0 Å². The zero-order valence-electron chi connectivity index (χ0n) is 31.9. The van der Waals surface area contributed by atoms with Crippen molar-refractivity contribution < 1.29 is 44.2 Å². The maximum absolute atomic E-state index is 12.7. The predicted molar refractivity (Wildman–Crippen MR) is 201 cm³/mol. The smallest absolute Gasteiger partial charge is 0.306 e. The lowest BCUT2D eigenvalue weighted by Crippen LogP contribution is -2.59. The SMILES string of the molecule is CCCCCC/C=C\C/C=C\CCCCCCCCOCC(COC1OC(CO)C(O)C(O)C1O)OC(=O)CCCCCCCCCCCC. The van der Waals surface area contributed by atoms with Crippen molar-refractivity contribution in [3.63, 3.8) is 0 Å². The van der Waals surface area contributed by atoms with E-state index in [9.17, 15) is 25.2 Å². The van der Waals surface area contributed by atoms with Crippen molar-refractivity contribution in [1.82, 2.24) is 0 Å². The zero-order chi connectivity index (χ0) is 36.5. The molecular formula is C41H76O9. The number of carbonyl (C=O) groups is 1. The Morgan fingerprint density at radius 2 is 1.16 bits per heavy atom. The molecule has 0 aromatic carbocycles. The third kappa shape index (κ3) is 24.8. The van der Waals surface area contributed by atoms with Gasteiger partial charge in [0.2, 0.25) is 0 Å². The molecule has 0 spiro atoms. The normalized spacial score (nSPS) is 21.8. The van der Waals surface area contributed by atoms with Gasteiger partial charge in [0, 0.05) is 13.0 Å². The second kappa shape index (κ2) is 33.5. The summed E-state index contributed by atoms with van der Waals surface area (Å²) in [5.41, 5.74) is 0. The first-order chi connectivity index (χ1) is 24.4. The maximum atomic E-state index is 12.7. The molecule has 0 saturated carbocycles. The molecule has 50 heavy (non-hydrogen) atoms. The van der Waals surface area contributed by atoms with Crippen LogP contribution in [-0.2, 0) is 23.7 Å². The molecule has 9 nitrogen and oxygen atoms in total. The van der Waals surface area contributed by atoms with Gasteiger partial charge in [0.05, 0.1) is 19.8 Å². The number of carbonyl (C=O) groups excluding carboxylic acids is 1. The highest BCUT2D eigenvalue weighted by molar-refractivity contribution is 5.69. The van der Waals surface area contributed by atoms with E-state index in [4.69, 9.17) is 18.9 Å². The summed E-state index contributed by atoms with van der Waals surface area (Å²) in [6.45, 7) is 4.50. The van der Waals surface area contributed by atoms with Crippen LogP contribution in [0.25, 0.3) is 0 Å². The number of esters is 1. The predicted octanol–water partition coefficient (Wildman–Crippen LogP) is 8.25. The lowest BCUT2D eigenvalue weighted by atomic mass is 9.99. The average Bonchev–Trinajstić information content (AvgIpc) is 3.11. The van der Waals surface area contributed by atoms with E-state index in [0.29, 0.717) is 13.0 Å². The van der Waals surface area contributed by atoms with Gasteiger partial charge in [-0.1, -0.05) is 141 Å². The summed E-state index contributed by atoms with van der Waals surface area (Å²) >= 11 is 0. The first-order valence-corrected chi connectivity index (χ1v) is 20.4. The summed E-state index contributed by atoms with van der Waals surface area (Å²) in [6.07, 6.45) is 29.2. The van der Waals surface area contributed by atoms with Crippen molar-refractivity contribution in [2.24, 2.45) is 0 Å². The number of aliphatic hydroxyl groups is 4. The van der Waals surface area contributed by atoms with Crippen LogP contribution in [0.3, 0.4) is 0 Å². The van der Waals surface area contributed by atoms with Crippen LogP contribution in [-0.4, -0.2) is 89.6 Å². The largest absolute Gasteiger partial charge is 0.457 e. The maximum Gasteiger partial charge on any atom is 0.306 e. The van der Waals surface area contributed by atoms with Crippen molar-refractivity contribution in [3.05, 3.63) is 24.3 Å². The number of ether oxygens (including phenoxy) is 4. The first kappa shape index (κ1) is 46.7. The minimum atomic E-state index is -1.53. The minimum absolute atomic E-state index is 0.115. The Kier molecular flexibility index (Phi) is 31.3. The molecular weight excluding hydrogens is 636 g/mol. The number of hydrogen-bond acceptors (Lipinski definition) is 9. The van der Waals surface area contributed by atoms with Gasteiger partial charge < -0.3 is 39.4 Å². The molecule has 9 heteroatoms. The van der Waals surface area contributed by atoms with Gasteiger partial charge in [-0.25, -0.2) is 0 Å². The van der Waals surface area contributed by atoms with Crippen LogP contribution < -0.4 is 0 Å². The number of unbranched alkanes of at least 4 members (excludes halogenated alkanes) is 19. The standard InChI is InChI=1S/C41H76O9/c1-3-5-7-9-11-13-15-16-17-18-19-20-21-23-25-27-29-31-47-33-35(34-48-41-40(46)39(45)38(44)36(32-42)50-41)49-37(43)30-28-26-24-22-14-12-10-8-6-4-2/h13,15,17-18,35-36,38-42,44-46H,3-12,14,16,19-34H2,1-2H3/b15-13-,18-17-. The number of hydrogen-bond donors (Lipinski definition) is 4. The number of aliphatic hydroxyl groups excluding tert-OH is 4. The third-order valence-electron chi connectivity index (χ3n) is 9.37. The van der Waals surface area contributed by atoms with E-state index >= 15 is 0 Å². The summed E-state index contributed by atoms with van der Waals surface area (Å²) in [5.74, 6) is -0.320. The van der Waals surface area contributed by atoms with Gasteiger partial charge in [-0.05, 0) is 44.9 Å². The van der Waals surface area contributed by atoms with Gasteiger partial charge in [0.1, 0.15) is 30.5 Å². The Morgan fingerprint density at radius 3 is 1.74 bits per heavy atom. The Morgan fingerprint density at radius 1 is 0.640 bits per heavy atom. The first-order valence-electron chi connectivity index (χ1n) is 20.4. The molecule has 1 aliphatic rings. The van der Waals surface area contributed by atoms with Crippen LogP contribution in [0.5, 0.6) is 0 Å². The summed E-state index contributed by atoms with van der Waals surface area (Å²) in [5, 5.41) is 39.9. The van der Waals surface area contributed by atoms with E-state index < -0.39 is 43.4 Å². The third-order valence-corrected chi connectivity index (χ3v) is 9.37. The highest BCUT2D eigenvalue weighted by Gasteiger charge is 2.44. The summed E-state index contributed by atoms with van der Waals surface area (Å²) in [7, 11) is 0. The van der Waals surface area contributed by atoms with E-state index in [1.54, 1.807) is 0 Å². The van der Waals surface area contributed by atoms with Gasteiger partial charge in [-0.2, -0.15) is 0 Å². The van der Waals surface area contributed by atoms with Crippen molar-refractivity contribution in [2.75, 3.05) is 26.4 Å². The minimum Gasteiger partial charge on any atom is -0.457 e. The summed E-state index contributed by atoms with van der Waals surface area (Å²) in [4.78, 5) is 12.7. The molecule has 1 aliphatic heterocycles. The highest BCUT2D eigenvalue weighted by Crippen LogP contribution is 2.22. The molecule has 1 heterocycles. The van der Waals surface area contributed by atoms with Crippen LogP contribution in [0.15, 0.2) is 24.3 Å². The second-order valence-corrected chi connectivity index (χ2v) is 14.1. The molecule has 0 aromatic heterocycles. The van der Waals surface area contributed by atoms with Crippen LogP contribution in [0.4, 0.5) is 0 Å².